The summed E-state index contributed by atoms with van der Waals surface area (Å²) in [5.74, 6) is -1.28. The van der Waals surface area contributed by atoms with Crippen LogP contribution in [0.2, 0.25) is 0 Å². The Kier molecular flexibility index (Phi) is 3.77. The van der Waals surface area contributed by atoms with E-state index < -0.39 is 27.4 Å². The summed E-state index contributed by atoms with van der Waals surface area (Å²) < 4.78 is 24.9. The van der Waals surface area contributed by atoms with Crippen molar-refractivity contribution >= 4 is 27.4 Å². The average Bonchev–Trinajstić information content (AvgIpc) is 2.60. The zero-order chi connectivity index (χ0) is 15.8. The molecule has 1 aromatic carbocycles. The first kappa shape index (κ1) is 15.1. The predicted molar refractivity (Wildman–Crippen MR) is 71.2 cm³/mol. The van der Waals surface area contributed by atoms with Gasteiger partial charge >= 0.3 is 0 Å². The van der Waals surface area contributed by atoms with Gasteiger partial charge in [0.05, 0.1) is 17.0 Å². The van der Waals surface area contributed by atoms with E-state index in [0.717, 1.165) is 18.2 Å². The highest BCUT2D eigenvalue weighted by Crippen LogP contribution is 2.32. The van der Waals surface area contributed by atoms with Gasteiger partial charge in [0.25, 0.3) is 21.6 Å². The van der Waals surface area contributed by atoms with E-state index in [0.29, 0.717) is 10.7 Å². The van der Waals surface area contributed by atoms with Gasteiger partial charge in [-0.3, -0.25) is 19.7 Å². The Labute approximate surface area is 120 Å². The molecule has 8 nitrogen and oxygen atoms in total. The molecule has 0 saturated carbocycles. The Morgan fingerprint density at radius 2 is 2.05 bits per heavy atom. The molecule has 1 aromatic rings. The summed E-state index contributed by atoms with van der Waals surface area (Å²) in [6.07, 6.45) is 0.703. The van der Waals surface area contributed by atoms with Crippen LogP contribution in [0.25, 0.3) is 0 Å². The molecular weight excluding hydrogens is 300 g/mol. The average molecular weight is 312 g/mol. The summed E-state index contributed by atoms with van der Waals surface area (Å²) in [7, 11) is -4.11. The van der Waals surface area contributed by atoms with E-state index in [1.54, 1.807) is 6.92 Å². The number of rotatable bonds is 5. The molecule has 0 bridgehead atoms. The second-order valence-electron chi connectivity index (χ2n) is 4.54. The van der Waals surface area contributed by atoms with Crippen LogP contribution in [0.1, 0.15) is 30.1 Å². The molecule has 1 aliphatic heterocycles. The number of nitro groups is 1. The lowest BCUT2D eigenvalue weighted by Gasteiger charge is -2.13. The van der Waals surface area contributed by atoms with Gasteiger partial charge in [-0.2, -0.15) is 0 Å². The summed E-state index contributed by atoms with van der Waals surface area (Å²) in [4.78, 5) is 33.4. The highest BCUT2D eigenvalue weighted by Gasteiger charge is 2.42. The van der Waals surface area contributed by atoms with Crippen LogP contribution < -0.4 is 0 Å². The Morgan fingerprint density at radius 1 is 1.38 bits per heavy atom. The monoisotopic (exact) mass is 312 g/mol. The van der Waals surface area contributed by atoms with E-state index in [1.165, 1.54) is 0 Å². The maximum Gasteiger partial charge on any atom is 0.270 e. The number of Topliss-reactive ketones (excluding diaryl/α,β-unsaturated/α-hetero) is 1. The third-order valence-electron chi connectivity index (χ3n) is 3.05. The molecule has 0 unspecified atom stereocenters. The first-order valence-electron chi connectivity index (χ1n) is 6.16. The van der Waals surface area contributed by atoms with Crippen molar-refractivity contribution in [3.63, 3.8) is 0 Å². The quantitative estimate of drug-likeness (QED) is 0.594. The van der Waals surface area contributed by atoms with Crippen molar-refractivity contribution in [2.75, 3.05) is 6.54 Å². The van der Waals surface area contributed by atoms with Crippen molar-refractivity contribution in [3.8, 4) is 0 Å². The number of carbonyl (C=O) groups is 2. The van der Waals surface area contributed by atoms with Gasteiger partial charge in [0.1, 0.15) is 4.90 Å². The Hall–Kier alpha value is -2.29. The summed E-state index contributed by atoms with van der Waals surface area (Å²) in [5, 5.41) is 10.7. The van der Waals surface area contributed by atoms with Crippen molar-refractivity contribution in [2.24, 2.45) is 0 Å². The fraction of sp³-hybridized carbons (Fsp3) is 0.333. The first-order valence-corrected chi connectivity index (χ1v) is 7.60. The van der Waals surface area contributed by atoms with Crippen LogP contribution >= 0.6 is 0 Å². The number of hydrogen-bond acceptors (Lipinski definition) is 6. The van der Waals surface area contributed by atoms with Crippen LogP contribution in [-0.2, 0) is 14.8 Å². The third-order valence-corrected chi connectivity index (χ3v) is 4.83. The molecule has 9 heteroatoms. The van der Waals surface area contributed by atoms with Gasteiger partial charge in [-0.25, -0.2) is 12.7 Å². The number of carbonyl (C=O) groups excluding carboxylic acids is 2. The predicted octanol–water partition coefficient (Wildman–Crippen LogP) is 1.11. The fourth-order valence-corrected chi connectivity index (χ4v) is 3.59. The summed E-state index contributed by atoms with van der Waals surface area (Å²) in [6.45, 7) is 1.22. The number of non-ortho nitro benzene ring substituents is 1. The van der Waals surface area contributed by atoms with Crippen molar-refractivity contribution < 1.29 is 22.9 Å². The zero-order valence-electron chi connectivity index (χ0n) is 11.1. The van der Waals surface area contributed by atoms with Gasteiger partial charge in [-0.15, -0.1) is 0 Å². The summed E-state index contributed by atoms with van der Waals surface area (Å²) >= 11 is 0. The van der Waals surface area contributed by atoms with Gasteiger partial charge in [0.15, 0.2) is 5.78 Å². The van der Waals surface area contributed by atoms with Crippen LogP contribution in [0.3, 0.4) is 0 Å². The lowest BCUT2D eigenvalue weighted by molar-refractivity contribution is -0.384. The van der Waals surface area contributed by atoms with Crippen LogP contribution in [0.5, 0.6) is 0 Å². The van der Waals surface area contributed by atoms with Crippen LogP contribution in [0.15, 0.2) is 23.1 Å². The van der Waals surface area contributed by atoms with Gasteiger partial charge < -0.3 is 0 Å². The minimum absolute atomic E-state index is 0.162. The van der Waals surface area contributed by atoms with E-state index in [4.69, 9.17) is 0 Å². The van der Waals surface area contributed by atoms with Crippen molar-refractivity contribution in [1.29, 1.82) is 0 Å². The van der Waals surface area contributed by atoms with Crippen molar-refractivity contribution in [1.82, 2.24) is 4.31 Å². The number of hydrogen-bond donors (Lipinski definition) is 0. The highest BCUT2D eigenvalue weighted by molar-refractivity contribution is 7.90. The van der Waals surface area contributed by atoms with Crippen molar-refractivity contribution in [2.45, 2.75) is 24.7 Å². The molecule has 0 saturated heterocycles. The lowest BCUT2D eigenvalue weighted by Crippen LogP contribution is -2.34. The van der Waals surface area contributed by atoms with Crippen LogP contribution in [0.4, 0.5) is 5.69 Å². The topological polar surface area (TPSA) is 115 Å². The van der Waals surface area contributed by atoms with E-state index >= 15 is 0 Å². The molecule has 21 heavy (non-hydrogen) atoms. The molecule has 0 fully saturated rings. The van der Waals surface area contributed by atoms with E-state index in [1.807, 2.05) is 0 Å². The number of sulfonamides is 1. The largest absolute Gasteiger partial charge is 0.298 e. The van der Waals surface area contributed by atoms with E-state index in [-0.39, 0.29) is 28.4 Å². The third kappa shape index (κ3) is 2.51. The van der Waals surface area contributed by atoms with Gasteiger partial charge in [-0.1, -0.05) is 6.92 Å². The Balaban J connectivity index is 2.44. The minimum atomic E-state index is -4.11. The highest BCUT2D eigenvalue weighted by atomic mass is 32.2. The van der Waals surface area contributed by atoms with Gasteiger partial charge in [0.2, 0.25) is 0 Å². The molecule has 1 heterocycles. The van der Waals surface area contributed by atoms with Crippen LogP contribution in [0, 0.1) is 10.1 Å². The smallest absolute Gasteiger partial charge is 0.270 e. The molecule has 0 atom stereocenters. The number of amides is 1. The van der Waals surface area contributed by atoms with Gasteiger partial charge in [0, 0.05) is 18.6 Å². The van der Waals surface area contributed by atoms with Crippen LogP contribution in [-0.4, -0.2) is 35.9 Å². The molecule has 0 N–H and O–H groups in total. The number of fused-ring (bicyclic) bond motifs is 1. The Morgan fingerprint density at radius 3 is 2.62 bits per heavy atom. The second-order valence-corrected chi connectivity index (χ2v) is 6.37. The molecule has 0 aliphatic carbocycles. The Bertz CT molecular complexity index is 740. The zero-order valence-corrected chi connectivity index (χ0v) is 11.9. The molecule has 0 radical (unpaired) electrons. The molecule has 0 aromatic heterocycles. The number of benzene rings is 1. The van der Waals surface area contributed by atoms with E-state index in [9.17, 15) is 28.1 Å². The SMILES string of the molecule is CCCC(=O)CN1C(=O)c2cc([N+](=O)[O-])ccc2S1(=O)=O. The molecule has 1 amide bonds. The maximum absolute atomic E-state index is 12.2. The number of nitrogens with zero attached hydrogens (tertiary/aromatic N) is 2. The molecule has 0 spiro atoms. The summed E-state index contributed by atoms with van der Waals surface area (Å²) in [6, 6.07) is 2.95. The number of nitro benzene ring substituents is 1. The number of ketones is 1. The summed E-state index contributed by atoms with van der Waals surface area (Å²) in [5.41, 5.74) is -0.646. The maximum atomic E-state index is 12.2. The molecule has 1 aliphatic rings. The lowest BCUT2D eigenvalue weighted by atomic mass is 10.2. The molecular formula is C12H12N2O6S. The van der Waals surface area contributed by atoms with Crippen molar-refractivity contribution in [3.05, 3.63) is 33.9 Å². The second kappa shape index (κ2) is 5.24. The normalized spacial score (nSPS) is 15.9. The fourth-order valence-electron chi connectivity index (χ4n) is 2.06. The van der Waals surface area contributed by atoms with E-state index in [2.05, 4.69) is 0 Å². The molecule has 112 valence electrons. The minimum Gasteiger partial charge on any atom is -0.298 e. The van der Waals surface area contributed by atoms with Gasteiger partial charge in [-0.05, 0) is 12.5 Å². The molecule has 2 rings (SSSR count). The first-order chi connectivity index (χ1) is 9.78. The standard InChI is InChI=1S/C12H12N2O6S/c1-2-3-9(15)7-13-12(16)10-6-8(14(17)18)4-5-11(10)21(13,19)20/h4-6H,2-3,7H2,1H3.